The van der Waals surface area contributed by atoms with E-state index in [0.717, 1.165) is 0 Å². The van der Waals surface area contributed by atoms with Crippen LogP contribution in [-0.4, -0.2) is 18.4 Å². The van der Waals surface area contributed by atoms with Crippen LogP contribution >= 0.6 is 0 Å². The van der Waals surface area contributed by atoms with E-state index in [-0.39, 0.29) is 27.4 Å². The van der Waals surface area contributed by atoms with Gasteiger partial charge in [0.15, 0.2) is 0 Å². The van der Waals surface area contributed by atoms with E-state index in [1.807, 2.05) is 0 Å². The fraction of sp³-hybridized carbons (Fsp3) is 0. The van der Waals surface area contributed by atoms with Crippen molar-refractivity contribution in [3.63, 3.8) is 0 Å². The molecule has 0 aliphatic carbocycles. The molecule has 4 nitrogen and oxygen atoms in total. The molecule has 12 heavy (non-hydrogen) atoms. The zero-order valence-corrected chi connectivity index (χ0v) is 7.93. The van der Waals surface area contributed by atoms with Gasteiger partial charge in [0, 0.05) is 17.1 Å². The van der Waals surface area contributed by atoms with Gasteiger partial charge in [0.2, 0.25) is 0 Å². The van der Waals surface area contributed by atoms with Gasteiger partial charge >= 0.3 is 0 Å². The summed E-state index contributed by atoms with van der Waals surface area (Å²) in [4.78, 5) is -0.0741. The number of benzene rings is 1. The van der Waals surface area contributed by atoms with E-state index >= 15 is 0 Å². The first-order valence-corrected chi connectivity index (χ1v) is 4.07. The monoisotopic (exact) mass is 231 g/mol. The van der Waals surface area contributed by atoms with Crippen molar-refractivity contribution >= 4 is 10.1 Å². The predicted octanol–water partition coefficient (Wildman–Crippen LogP) is 0.106. The molecule has 0 amide bonds. The molecular formula is C6H8MnO4S. The van der Waals surface area contributed by atoms with Gasteiger partial charge in [-0.15, -0.1) is 0 Å². The van der Waals surface area contributed by atoms with Crippen LogP contribution in [0.5, 0.6) is 0 Å². The first-order chi connectivity index (χ1) is 4.61. The van der Waals surface area contributed by atoms with Gasteiger partial charge in [-0.1, -0.05) is 18.2 Å². The van der Waals surface area contributed by atoms with Crippen molar-refractivity contribution in [3.8, 4) is 0 Å². The molecule has 69 valence electrons. The van der Waals surface area contributed by atoms with Crippen LogP contribution in [0.15, 0.2) is 35.2 Å². The average Bonchev–Trinajstić information content (AvgIpc) is 1.88. The normalized spacial score (nSPS) is 9.42. The fourth-order valence-electron chi connectivity index (χ4n) is 0.592. The Labute approximate surface area is 81.1 Å². The van der Waals surface area contributed by atoms with Gasteiger partial charge in [-0.2, -0.15) is 8.42 Å². The molecular weight excluding hydrogens is 223 g/mol. The summed E-state index contributed by atoms with van der Waals surface area (Å²) in [6, 6.07) is 7.42. The molecule has 0 unspecified atom stereocenters. The quantitative estimate of drug-likeness (QED) is 0.549. The molecule has 0 aromatic heterocycles. The third-order valence-corrected chi connectivity index (χ3v) is 1.91. The van der Waals surface area contributed by atoms with Gasteiger partial charge in [0.1, 0.15) is 0 Å². The molecule has 0 bridgehead atoms. The molecule has 6 heteroatoms. The molecule has 0 heterocycles. The van der Waals surface area contributed by atoms with E-state index in [9.17, 15) is 8.42 Å². The summed E-state index contributed by atoms with van der Waals surface area (Å²) in [7, 11) is -4.00. The summed E-state index contributed by atoms with van der Waals surface area (Å²) in [5, 5.41) is 0. The van der Waals surface area contributed by atoms with E-state index < -0.39 is 10.1 Å². The second kappa shape index (κ2) is 5.29. The van der Waals surface area contributed by atoms with Gasteiger partial charge in [0.25, 0.3) is 10.1 Å². The van der Waals surface area contributed by atoms with Crippen molar-refractivity contribution in [2.75, 3.05) is 0 Å². The predicted molar refractivity (Wildman–Crippen MR) is 39.9 cm³/mol. The molecule has 0 aliphatic rings. The van der Waals surface area contributed by atoms with Crippen molar-refractivity contribution < 1.29 is 35.5 Å². The minimum atomic E-state index is -4.00. The first kappa shape index (κ1) is 14.2. The molecule has 0 atom stereocenters. The Morgan fingerprint density at radius 2 is 1.50 bits per heavy atom. The molecule has 0 spiro atoms. The molecule has 1 aromatic rings. The largest absolute Gasteiger partial charge is 0.412 e. The average molecular weight is 231 g/mol. The summed E-state index contributed by atoms with van der Waals surface area (Å²) in [5.74, 6) is 0. The SMILES string of the molecule is O.O=S(=O)(O)c1ccccc1.[Mn]. The maximum Gasteiger partial charge on any atom is 0.294 e. The van der Waals surface area contributed by atoms with Gasteiger partial charge < -0.3 is 5.48 Å². The smallest absolute Gasteiger partial charge is 0.294 e. The minimum absolute atomic E-state index is 0. The van der Waals surface area contributed by atoms with Gasteiger partial charge in [0.05, 0.1) is 4.90 Å². The third-order valence-electron chi connectivity index (χ3n) is 1.04. The molecule has 0 aliphatic heterocycles. The Kier molecular flexibility index (Phi) is 6.24. The summed E-state index contributed by atoms with van der Waals surface area (Å²) in [6.07, 6.45) is 0. The van der Waals surface area contributed by atoms with Crippen molar-refractivity contribution in [1.29, 1.82) is 0 Å². The summed E-state index contributed by atoms with van der Waals surface area (Å²) >= 11 is 0. The van der Waals surface area contributed by atoms with E-state index in [0.29, 0.717) is 0 Å². The minimum Gasteiger partial charge on any atom is -0.412 e. The molecule has 1 radical (unpaired) electrons. The van der Waals surface area contributed by atoms with Crippen LogP contribution < -0.4 is 0 Å². The molecule has 3 N–H and O–H groups in total. The van der Waals surface area contributed by atoms with E-state index in [1.54, 1.807) is 18.2 Å². The second-order valence-electron chi connectivity index (χ2n) is 1.79. The molecule has 1 rings (SSSR count). The summed E-state index contributed by atoms with van der Waals surface area (Å²) in [5.41, 5.74) is 0. The molecule has 1 aromatic carbocycles. The summed E-state index contributed by atoms with van der Waals surface area (Å²) in [6.45, 7) is 0. The Morgan fingerprint density at radius 1 is 1.08 bits per heavy atom. The Hall–Kier alpha value is -0.391. The van der Waals surface area contributed by atoms with Crippen LogP contribution in [-0.2, 0) is 27.2 Å². The Morgan fingerprint density at radius 3 is 1.75 bits per heavy atom. The van der Waals surface area contributed by atoms with E-state index in [2.05, 4.69) is 0 Å². The van der Waals surface area contributed by atoms with Crippen LogP contribution in [0.2, 0.25) is 0 Å². The fourth-order valence-corrected chi connectivity index (χ4v) is 1.09. The maximum absolute atomic E-state index is 10.4. The zero-order valence-electron chi connectivity index (χ0n) is 5.94. The van der Waals surface area contributed by atoms with Crippen molar-refractivity contribution in [2.45, 2.75) is 4.90 Å². The Balaban J connectivity index is 0. The number of hydrogen-bond donors (Lipinski definition) is 1. The first-order valence-electron chi connectivity index (χ1n) is 2.63. The van der Waals surface area contributed by atoms with Crippen LogP contribution in [0.25, 0.3) is 0 Å². The van der Waals surface area contributed by atoms with Crippen molar-refractivity contribution in [3.05, 3.63) is 30.3 Å². The third kappa shape index (κ3) is 3.85. The van der Waals surface area contributed by atoms with E-state index in [1.165, 1.54) is 12.1 Å². The van der Waals surface area contributed by atoms with Crippen LogP contribution in [0.1, 0.15) is 0 Å². The van der Waals surface area contributed by atoms with Crippen LogP contribution in [0, 0.1) is 0 Å². The van der Waals surface area contributed by atoms with Gasteiger partial charge in [-0.25, -0.2) is 0 Å². The second-order valence-corrected chi connectivity index (χ2v) is 3.21. The summed E-state index contributed by atoms with van der Waals surface area (Å²) < 4.78 is 29.2. The number of rotatable bonds is 1. The maximum atomic E-state index is 10.4. The zero-order chi connectivity index (χ0) is 7.61. The Bertz CT molecular complexity index is 308. The topological polar surface area (TPSA) is 85.9 Å². The van der Waals surface area contributed by atoms with Crippen LogP contribution in [0.4, 0.5) is 0 Å². The molecule has 0 saturated carbocycles. The number of hydrogen-bond acceptors (Lipinski definition) is 2. The van der Waals surface area contributed by atoms with Gasteiger partial charge in [-0.3, -0.25) is 4.55 Å². The van der Waals surface area contributed by atoms with Crippen molar-refractivity contribution in [1.82, 2.24) is 0 Å². The van der Waals surface area contributed by atoms with E-state index in [4.69, 9.17) is 4.55 Å². The van der Waals surface area contributed by atoms with Crippen molar-refractivity contribution in [2.24, 2.45) is 0 Å². The standard InChI is InChI=1S/C6H6O3S.Mn.H2O/c7-10(8,9)6-4-2-1-3-5-6;;/h1-5H,(H,7,8,9);;1H2. The van der Waals surface area contributed by atoms with Crippen LogP contribution in [0.3, 0.4) is 0 Å². The molecule has 0 fully saturated rings. The van der Waals surface area contributed by atoms with Gasteiger partial charge in [-0.05, 0) is 12.1 Å². The molecule has 0 saturated heterocycles.